The summed E-state index contributed by atoms with van der Waals surface area (Å²) in [5.74, 6) is -0.876. The number of anilines is 1. The van der Waals surface area contributed by atoms with Gasteiger partial charge in [-0.2, -0.15) is 11.3 Å². The maximum atomic E-state index is 13.4. The fourth-order valence-electron chi connectivity index (χ4n) is 1.18. The van der Waals surface area contributed by atoms with Gasteiger partial charge in [-0.15, -0.1) is 0 Å². The Labute approximate surface area is 101 Å². The molecule has 16 heavy (non-hydrogen) atoms. The molecule has 0 atom stereocenters. The molecule has 2 nitrogen and oxygen atoms in total. The van der Waals surface area contributed by atoms with Gasteiger partial charge in [0.2, 0.25) is 0 Å². The Balaban J connectivity index is 2.18. The minimum absolute atomic E-state index is 0.126. The number of hydrogen-bond acceptors (Lipinski definition) is 2. The lowest BCUT2D eigenvalue weighted by molar-refractivity contribution is 0.102. The van der Waals surface area contributed by atoms with Crippen molar-refractivity contribution in [2.75, 3.05) is 5.32 Å². The quantitative estimate of drug-likeness (QED) is 0.869. The van der Waals surface area contributed by atoms with Crippen molar-refractivity contribution in [2.24, 2.45) is 0 Å². The SMILES string of the molecule is O=C(Nc1ccc(Cl)cc1F)c1ccsc1. The van der Waals surface area contributed by atoms with Crippen molar-refractivity contribution in [1.82, 2.24) is 0 Å². The van der Waals surface area contributed by atoms with Gasteiger partial charge in [0.25, 0.3) is 5.91 Å². The molecule has 0 aliphatic carbocycles. The van der Waals surface area contributed by atoms with E-state index in [2.05, 4.69) is 5.32 Å². The van der Waals surface area contributed by atoms with Gasteiger partial charge in [-0.25, -0.2) is 4.39 Å². The second kappa shape index (κ2) is 4.63. The van der Waals surface area contributed by atoms with E-state index in [9.17, 15) is 9.18 Å². The van der Waals surface area contributed by atoms with Crippen LogP contribution in [0.25, 0.3) is 0 Å². The number of halogens is 2. The Morgan fingerprint density at radius 2 is 2.19 bits per heavy atom. The van der Waals surface area contributed by atoms with Gasteiger partial charge in [0, 0.05) is 10.4 Å². The van der Waals surface area contributed by atoms with Gasteiger partial charge >= 0.3 is 0 Å². The van der Waals surface area contributed by atoms with Crippen molar-refractivity contribution >= 4 is 34.5 Å². The van der Waals surface area contributed by atoms with Gasteiger partial charge in [-0.3, -0.25) is 4.79 Å². The normalized spacial score (nSPS) is 10.1. The molecule has 0 saturated carbocycles. The molecule has 0 unspecified atom stereocenters. The van der Waals surface area contributed by atoms with Crippen LogP contribution in [0, 0.1) is 5.82 Å². The van der Waals surface area contributed by atoms with E-state index in [-0.39, 0.29) is 11.6 Å². The number of amides is 1. The zero-order chi connectivity index (χ0) is 11.5. The number of carbonyl (C=O) groups excluding carboxylic acids is 1. The molecule has 0 bridgehead atoms. The van der Waals surface area contributed by atoms with Crippen molar-refractivity contribution in [3.8, 4) is 0 Å². The van der Waals surface area contributed by atoms with Gasteiger partial charge in [0.1, 0.15) is 5.82 Å². The Morgan fingerprint density at radius 3 is 2.81 bits per heavy atom. The third kappa shape index (κ3) is 2.40. The summed E-state index contributed by atoms with van der Waals surface area (Å²) >= 11 is 7.01. The van der Waals surface area contributed by atoms with Crippen molar-refractivity contribution in [3.05, 3.63) is 51.4 Å². The van der Waals surface area contributed by atoms with Crippen LogP contribution in [-0.2, 0) is 0 Å². The second-order valence-corrected chi connectivity index (χ2v) is 4.31. The predicted octanol–water partition coefficient (Wildman–Crippen LogP) is 3.79. The minimum atomic E-state index is -0.545. The topological polar surface area (TPSA) is 29.1 Å². The van der Waals surface area contributed by atoms with Gasteiger partial charge in [-0.05, 0) is 29.6 Å². The molecule has 0 aliphatic rings. The molecular formula is C11H7ClFNOS. The fourth-order valence-corrected chi connectivity index (χ4v) is 1.97. The molecule has 0 spiro atoms. The molecule has 1 heterocycles. The molecule has 0 fully saturated rings. The van der Waals surface area contributed by atoms with Gasteiger partial charge in [-0.1, -0.05) is 11.6 Å². The van der Waals surface area contributed by atoms with Crippen molar-refractivity contribution in [1.29, 1.82) is 0 Å². The lowest BCUT2D eigenvalue weighted by Gasteiger charge is -2.05. The van der Waals surface area contributed by atoms with Crippen LogP contribution in [0.5, 0.6) is 0 Å². The second-order valence-electron chi connectivity index (χ2n) is 3.09. The van der Waals surface area contributed by atoms with E-state index in [4.69, 9.17) is 11.6 Å². The molecule has 1 N–H and O–H groups in total. The molecule has 1 aromatic heterocycles. The number of benzene rings is 1. The van der Waals surface area contributed by atoms with Gasteiger partial charge < -0.3 is 5.32 Å². The number of thiophene rings is 1. The molecule has 5 heteroatoms. The third-order valence-corrected chi connectivity index (χ3v) is 2.88. The Bertz CT molecular complexity index is 513. The van der Waals surface area contributed by atoms with E-state index in [1.54, 1.807) is 16.8 Å². The molecule has 1 aromatic carbocycles. The zero-order valence-corrected chi connectivity index (χ0v) is 9.61. The molecule has 0 radical (unpaired) electrons. The molecule has 2 rings (SSSR count). The van der Waals surface area contributed by atoms with E-state index in [0.717, 1.165) is 6.07 Å². The van der Waals surface area contributed by atoms with Crippen LogP contribution in [0.15, 0.2) is 35.0 Å². The smallest absolute Gasteiger partial charge is 0.256 e. The van der Waals surface area contributed by atoms with Crippen LogP contribution < -0.4 is 5.32 Å². The van der Waals surface area contributed by atoms with Gasteiger partial charge in [0.05, 0.1) is 11.3 Å². The first-order chi connectivity index (χ1) is 7.66. The van der Waals surface area contributed by atoms with E-state index in [1.165, 1.54) is 23.5 Å². The summed E-state index contributed by atoms with van der Waals surface area (Å²) < 4.78 is 13.4. The Kier molecular flexibility index (Phi) is 3.22. The van der Waals surface area contributed by atoms with Crippen LogP contribution in [0.3, 0.4) is 0 Å². The average Bonchev–Trinajstić information content (AvgIpc) is 2.75. The summed E-state index contributed by atoms with van der Waals surface area (Å²) in [5, 5.41) is 6.25. The van der Waals surface area contributed by atoms with E-state index < -0.39 is 5.82 Å². The largest absolute Gasteiger partial charge is 0.319 e. The Morgan fingerprint density at radius 1 is 1.38 bits per heavy atom. The lowest BCUT2D eigenvalue weighted by atomic mass is 10.2. The zero-order valence-electron chi connectivity index (χ0n) is 8.04. The predicted molar refractivity (Wildman–Crippen MR) is 63.7 cm³/mol. The lowest BCUT2D eigenvalue weighted by Crippen LogP contribution is -2.11. The standard InChI is InChI=1S/C11H7ClFNOS/c12-8-1-2-10(9(13)5-8)14-11(15)7-3-4-16-6-7/h1-6H,(H,14,15). The van der Waals surface area contributed by atoms with E-state index >= 15 is 0 Å². The maximum absolute atomic E-state index is 13.4. The van der Waals surface area contributed by atoms with Gasteiger partial charge in [0.15, 0.2) is 0 Å². The highest BCUT2D eigenvalue weighted by atomic mass is 35.5. The summed E-state index contributed by atoms with van der Waals surface area (Å²) in [6.07, 6.45) is 0. The number of hydrogen-bond donors (Lipinski definition) is 1. The Hall–Kier alpha value is -1.39. The van der Waals surface area contributed by atoms with Crippen LogP contribution >= 0.6 is 22.9 Å². The third-order valence-electron chi connectivity index (χ3n) is 1.96. The summed E-state index contributed by atoms with van der Waals surface area (Å²) in [6, 6.07) is 5.79. The number of carbonyl (C=O) groups is 1. The summed E-state index contributed by atoms with van der Waals surface area (Å²) in [4.78, 5) is 11.6. The minimum Gasteiger partial charge on any atom is -0.319 e. The van der Waals surface area contributed by atoms with E-state index in [0.29, 0.717) is 10.6 Å². The molecule has 0 saturated heterocycles. The number of rotatable bonds is 2. The number of nitrogens with one attached hydrogen (secondary N) is 1. The molecule has 0 aliphatic heterocycles. The van der Waals surface area contributed by atoms with Crippen LogP contribution in [0.1, 0.15) is 10.4 Å². The first-order valence-corrected chi connectivity index (χ1v) is 5.77. The highest BCUT2D eigenvalue weighted by molar-refractivity contribution is 7.08. The van der Waals surface area contributed by atoms with Crippen molar-refractivity contribution in [3.63, 3.8) is 0 Å². The summed E-state index contributed by atoms with van der Waals surface area (Å²) in [5.41, 5.74) is 0.639. The average molecular weight is 256 g/mol. The maximum Gasteiger partial charge on any atom is 0.256 e. The van der Waals surface area contributed by atoms with Crippen LogP contribution in [0.4, 0.5) is 10.1 Å². The highest BCUT2D eigenvalue weighted by Crippen LogP contribution is 2.19. The first kappa shape index (κ1) is 11.1. The monoisotopic (exact) mass is 255 g/mol. The van der Waals surface area contributed by atoms with Crippen LogP contribution in [-0.4, -0.2) is 5.91 Å². The summed E-state index contributed by atoms with van der Waals surface area (Å²) in [6.45, 7) is 0. The molecule has 82 valence electrons. The molecule has 1 amide bonds. The van der Waals surface area contributed by atoms with Crippen molar-refractivity contribution in [2.45, 2.75) is 0 Å². The first-order valence-electron chi connectivity index (χ1n) is 4.45. The molecule has 2 aromatic rings. The highest BCUT2D eigenvalue weighted by Gasteiger charge is 2.09. The summed E-state index contributed by atoms with van der Waals surface area (Å²) in [7, 11) is 0. The van der Waals surface area contributed by atoms with Crippen molar-refractivity contribution < 1.29 is 9.18 Å². The van der Waals surface area contributed by atoms with E-state index in [1.807, 2.05) is 0 Å². The molecular weight excluding hydrogens is 249 g/mol. The van der Waals surface area contributed by atoms with Crippen LogP contribution in [0.2, 0.25) is 5.02 Å². The fraction of sp³-hybridized carbons (Fsp3) is 0.